The van der Waals surface area contributed by atoms with Crippen molar-refractivity contribution in [1.82, 2.24) is 9.62 Å². The van der Waals surface area contributed by atoms with Crippen molar-refractivity contribution in [2.75, 3.05) is 23.9 Å². The number of halogens is 1. The van der Waals surface area contributed by atoms with Crippen molar-refractivity contribution in [3.8, 4) is 5.75 Å². The van der Waals surface area contributed by atoms with Gasteiger partial charge >= 0.3 is 10.2 Å². The molecule has 1 aromatic rings. The second-order valence-corrected chi connectivity index (χ2v) is 8.07. The van der Waals surface area contributed by atoms with Crippen LogP contribution in [0.2, 0.25) is 0 Å². The summed E-state index contributed by atoms with van der Waals surface area (Å²) in [5.74, 6) is -2.10. The summed E-state index contributed by atoms with van der Waals surface area (Å²) in [4.78, 5) is 13.7. The van der Waals surface area contributed by atoms with Crippen LogP contribution in [-0.2, 0) is 21.4 Å². The van der Waals surface area contributed by atoms with Gasteiger partial charge in [-0.15, -0.1) is 0 Å². The lowest BCUT2D eigenvalue weighted by atomic mass is 10.1. The molecule has 138 valence electrons. The molecule has 0 bridgehead atoms. The smallest absolute Gasteiger partial charge is 0.326 e. The third-order valence-electron chi connectivity index (χ3n) is 4.83. The van der Waals surface area contributed by atoms with Crippen molar-refractivity contribution < 1.29 is 22.7 Å². The Kier molecular flexibility index (Phi) is 4.88. The number of nitrogens with one attached hydrogen (secondary N) is 1. The third-order valence-corrected chi connectivity index (χ3v) is 6.21. The second-order valence-electron chi connectivity index (χ2n) is 6.47. The van der Waals surface area contributed by atoms with Crippen LogP contribution in [0, 0.1) is 5.82 Å². The number of aromatic hydroxyl groups is 1. The highest BCUT2D eigenvalue weighted by atomic mass is 32.2. The van der Waals surface area contributed by atoms with Gasteiger partial charge in [-0.1, -0.05) is 6.92 Å². The zero-order chi connectivity index (χ0) is 18.2. The number of hydrogen-bond acceptors (Lipinski definition) is 5. The van der Waals surface area contributed by atoms with Crippen LogP contribution in [0.4, 0.5) is 10.1 Å². The van der Waals surface area contributed by atoms with Gasteiger partial charge in [0.1, 0.15) is 18.0 Å². The molecule has 0 aromatic heterocycles. The van der Waals surface area contributed by atoms with Crippen LogP contribution in [0.1, 0.15) is 31.7 Å². The van der Waals surface area contributed by atoms with Gasteiger partial charge in [-0.3, -0.25) is 4.79 Å². The molecule has 2 saturated heterocycles. The number of benzene rings is 1. The first kappa shape index (κ1) is 17.9. The van der Waals surface area contributed by atoms with E-state index >= 15 is 0 Å². The summed E-state index contributed by atoms with van der Waals surface area (Å²) in [5, 5.41) is 10.1. The maximum absolute atomic E-state index is 14.5. The van der Waals surface area contributed by atoms with Crippen molar-refractivity contribution in [3.63, 3.8) is 0 Å². The largest absolute Gasteiger partial charge is 0.506 e. The van der Waals surface area contributed by atoms with Crippen molar-refractivity contribution >= 4 is 21.8 Å². The van der Waals surface area contributed by atoms with Gasteiger partial charge in [-0.05, 0) is 49.9 Å². The molecule has 1 amide bonds. The van der Waals surface area contributed by atoms with E-state index in [1.807, 2.05) is 0 Å². The van der Waals surface area contributed by atoms with Crippen molar-refractivity contribution in [3.05, 3.63) is 23.5 Å². The number of nitrogens with zero attached hydrogens (tertiary/aromatic N) is 2. The lowest BCUT2D eigenvalue weighted by Crippen LogP contribution is -2.31. The highest BCUT2D eigenvalue weighted by molar-refractivity contribution is 7.92. The molecular weight excluding hydrogens is 349 g/mol. The third kappa shape index (κ3) is 3.57. The maximum Gasteiger partial charge on any atom is 0.326 e. The fourth-order valence-corrected chi connectivity index (χ4v) is 4.77. The average molecular weight is 371 g/mol. The van der Waals surface area contributed by atoms with Crippen molar-refractivity contribution in [2.45, 2.75) is 38.6 Å². The van der Waals surface area contributed by atoms with Gasteiger partial charge in [0.05, 0.1) is 0 Å². The van der Waals surface area contributed by atoms with Crippen molar-refractivity contribution in [1.29, 1.82) is 0 Å². The predicted octanol–water partition coefficient (Wildman–Crippen LogP) is 1.13. The summed E-state index contributed by atoms with van der Waals surface area (Å²) in [6.45, 7) is 3.39. The molecule has 7 nitrogen and oxygen atoms in total. The van der Waals surface area contributed by atoms with Crippen LogP contribution in [0.25, 0.3) is 0 Å². The summed E-state index contributed by atoms with van der Waals surface area (Å²) < 4.78 is 40.5. The van der Waals surface area contributed by atoms with Crippen LogP contribution < -0.4 is 9.03 Å². The zero-order valence-corrected chi connectivity index (χ0v) is 14.9. The summed E-state index contributed by atoms with van der Waals surface area (Å²) >= 11 is 0. The molecule has 2 N–H and O–H groups in total. The first-order valence-corrected chi connectivity index (χ1v) is 9.84. The highest BCUT2D eigenvalue weighted by Crippen LogP contribution is 2.34. The van der Waals surface area contributed by atoms with E-state index < -0.39 is 39.9 Å². The number of amides is 1. The molecule has 3 rings (SSSR count). The molecule has 0 spiro atoms. The van der Waals surface area contributed by atoms with Gasteiger partial charge in [0, 0.05) is 12.6 Å². The van der Waals surface area contributed by atoms with Crippen LogP contribution in [0.5, 0.6) is 5.75 Å². The lowest BCUT2D eigenvalue weighted by molar-refractivity contribution is -0.117. The molecule has 2 heterocycles. The fourth-order valence-electron chi connectivity index (χ4n) is 3.60. The lowest BCUT2D eigenvalue weighted by Gasteiger charge is -2.23. The van der Waals surface area contributed by atoms with Gasteiger partial charge in [-0.25, -0.2) is 13.4 Å². The Balaban J connectivity index is 1.78. The Labute approximate surface area is 146 Å². The molecule has 1 aromatic carbocycles. The first-order chi connectivity index (χ1) is 11.8. The number of likely N-dealkylation sites (tertiary alicyclic amines) is 1. The van der Waals surface area contributed by atoms with E-state index in [1.165, 1.54) is 18.6 Å². The minimum Gasteiger partial charge on any atom is -0.506 e. The number of anilines is 1. The van der Waals surface area contributed by atoms with E-state index in [0.29, 0.717) is 22.3 Å². The minimum absolute atomic E-state index is 0.483. The normalized spacial score (nSPS) is 23.2. The fraction of sp³-hybridized carbons (Fsp3) is 0.562. The summed E-state index contributed by atoms with van der Waals surface area (Å²) in [6, 6.07) is 3.14. The average Bonchev–Trinajstić information content (AvgIpc) is 3.08. The van der Waals surface area contributed by atoms with Crippen LogP contribution >= 0.6 is 0 Å². The van der Waals surface area contributed by atoms with Gasteiger partial charge in [0.25, 0.3) is 5.91 Å². The molecule has 9 heteroatoms. The van der Waals surface area contributed by atoms with E-state index in [0.717, 1.165) is 25.9 Å². The maximum atomic E-state index is 14.5. The predicted molar refractivity (Wildman–Crippen MR) is 91.1 cm³/mol. The van der Waals surface area contributed by atoms with Gasteiger partial charge < -0.3 is 10.0 Å². The Hall–Kier alpha value is -1.87. The molecule has 0 aliphatic carbocycles. The quantitative estimate of drug-likeness (QED) is 0.810. The van der Waals surface area contributed by atoms with E-state index in [2.05, 4.69) is 11.8 Å². The molecule has 2 aliphatic rings. The number of rotatable bonds is 5. The number of phenolic OH excluding ortho intramolecular Hbond substituents is 1. The Morgan fingerprint density at radius 2 is 2.16 bits per heavy atom. The SMILES string of the molecule is CCC1CCCN1CCc1cc(O)c(N2CC(=O)NS2(=O)=O)c(F)c1. The van der Waals surface area contributed by atoms with E-state index in [-0.39, 0.29) is 0 Å². The monoisotopic (exact) mass is 371 g/mol. The van der Waals surface area contributed by atoms with Crippen molar-refractivity contribution in [2.24, 2.45) is 0 Å². The summed E-state index contributed by atoms with van der Waals surface area (Å²) in [5.41, 5.74) is 0.103. The van der Waals surface area contributed by atoms with Gasteiger partial charge in [-0.2, -0.15) is 8.42 Å². The van der Waals surface area contributed by atoms with Gasteiger partial charge in [0.2, 0.25) is 0 Å². The number of hydrogen-bond donors (Lipinski definition) is 2. The van der Waals surface area contributed by atoms with Crippen LogP contribution in [-0.4, -0.2) is 50.0 Å². The van der Waals surface area contributed by atoms with Crippen LogP contribution in [0.15, 0.2) is 12.1 Å². The molecule has 1 atom stereocenters. The number of carbonyl (C=O) groups is 1. The molecule has 25 heavy (non-hydrogen) atoms. The first-order valence-electron chi connectivity index (χ1n) is 8.40. The Morgan fingerprint density at radius 3 is 2.76 bits per heavy atom. The van der Waals surface area contributed by atoms with E-state index in [9.17, 15) is 22.7 Å². The topological polar surface area (TPSA) is 89.9 Å². The van der Waals surface area contributed by atoms with Crippen LogP contribution in [0.3, 0.4) is 0 Å². The van der Waals surface area contributed by atoms with E-state index in [4.69, 9.17) is 0 Å². The molecule has 2 aliphatic heterocycles. The number of phenols is 1. The minimum atomic E-state index is -4.16. The summed E-state index contributed by atoms with van der Waals surface area (Å²) in [7, 11) is -4.16. The molecule has 0 radical (unpaired) electrons. The Bertz CT molecular complexity index is 761. The molecule has 0 saturated carbocycles. The standard InChI is InChI=1S/C16H22FN3O4S/c1-2-12-4-3-6-19(12)7-5-11-8-13(17)16(14(21)9-11)20-10-15(22)18-25(20,23)24/h8-9,12,21H,2-7,10H2,1H3,(H,18,22). The molecular formula is C16H22FN3O4S. The molecule has 2 fully saturated rings. The van der Waals surface area contributed by atoms with Gasteiger partial charge in [0.15, 0.2) is 5.82 Å². The Morgan fingerprint density at radius 1 is 1.40 bits per heavy atom. The summed E-state index contributed by atoms with van der Waals surface area (Å²) in [6.07, 6.45) is 3.96. The second kappa shape index (κ2) is 6.80. The van der Waals surface area contributed by atoms with E-state index in [1.54, 1.807) is 4.72 Å². The zero-order valence-electron chi connectivity index (χ0n) is 14.0. The molecule has 1 unspecified atom stereocenters. The highest BCUT2D eigenvalue weighted by Gasteiger charge is 2.37. The number of carbonyl (C=O) groups excluding carboxylic acids is 1.